The zero-order chi connectivity index (χ0) is 51.0. The summed E-state index contributed by atoms with van der Waals surface area (Å²) in [7, 11) is 0. The monoisotopic (exact) mass is 990 g/mol. The molecular formula is C74H46N4. The lowest BCUT2D eigenvalue weighted by Gasteiger charge is -2.30. The first-order valence-electron chi connectivity index (χ1n) is 26.9. The van der Waals surface area contributed by atoms with Crippen molar-refractivity contribution in [2.75, 3.05) is 9.80 Å². The number of anilines is 6. The van der Waals surface area contributed by atoms with Gasteiger partial charge in [0, 0.05) is 76.4 Å². The van der Waals surface area contributed by atoms with Crippen LogP contribution in [0.5, 0.6) is 0 Å². The third-order valence-corrected chi connectivity index (χ3v) is 16.7. The Labute approximate surface area is 449 Å². The van der Waals surface area contributed by atoms with Crippen molar-refractivity contribution in [2.45, 2.75) is 0 Å². The highest BCUT2D eigenvalue weighted by Gasteiger charge is 2.30. The van der Waals surface area contributed by atoms with Crippen LogP contribution in [0.3, 0.4) is 0 Å². The molecule has 0 unspecified atom stereocenters. The normalized spacial score (nSPS) is 12.1. The first kappa shape index (κ1) is 42.9. The summed E-state index contributed by atoms with van der Waals surface area (Å²) in [5.74, 6) is 0. The molecule has 4 heteroatoms. The van der Waals surface area contributed by atoms with Crippen molar-refractivity contribution in [3.8, 4) is 22.3 Å². The molecule has 0 N–H and O–H groups in total. The van der Waals surface area contributed by atoms with E-state index in [1.54, 1.807) is 0 Å². The summed E-state index contributed by atoms with van der Waals surface area (Å²) in [6, 6.07) is 103. The van der Waals surface area contributed by atoms with Gasteiger partial charge in [0.25, 0.3) is 0 Å². The molecular weight excluding hydrogens is 945 g/mol. The molecule has 0 aliphatic heterocycles. The van der Waals surface area contributed by atoms with Crippen molar-refractivity contribution >= 4 is 132 Å². The Morgan fingerprint density at radius 1 is 0.244 bits per heavy atom. The van der Waals surface area contributed by atoms with Gasteiger partial charge in [-0.2, -0.15) is 0 Å². The maximum Gasteiger partial charge on any atom is 0.0641 e. The Balaban J connectivity index is 0.959. The van der Waals surface area contributed by atoms with Gasteiger partial charge < -0.3 is 18.6 Å². The number of hydrogen-bond acceptors (Lipinski definition) is 2. The summed E-state index contributed by atoms with van der Waals surface area (Å²) in [4.78, 5) is 5.06. The largest absolute Gasteiger partial charge is 0.309 e. The van der Waals surface area contributed by atoms with Crippen LogP contribution in [0.2, 0.25) is 0 Å². The van der Waals surface area contributed by atoms with E-state index in [9.17, 15) is 0 Å². The second-order valence-corrected chi connectivity index (χ2v) is 20.7. The van der Waals surface area contributed by atoms with Gasteiger partial charge >= 0.3 is 0 Å². The molecule has 13 aromatic carbocycles. The van der Waals surface area contributed by atoms with E-state index in [-0.39, 0.29) is 0 Å². The fourth-order valence-electron chi connectivity index (χ4n) is 13.5. The lowest BCUT2D eigenvalue weighted by molar-refractivity contribution is 1.31. The fourth-order valence-corrected chi connectivity index (χ4v) is 13.5. The van der Waals surface area contributed by atoms with Crippen LogP contribution in [0, 0.1) is 0 Å². The molecule has 362 valence electrons. The van der Waals surface area contributed by atoms with Crippen LogP contribution < -0.4 is 9.80 Å². The van der Waals surface area contributed by atoms with E-state index >= 15 is 0 Å². The SMILES string of the molecule is c1ccc(-c2ccc3ccccc3c2N(c2ccccc2)c2ccc3c4cc5c(cc4n4c6ccccc6c2c34)c2ccc(N(c3ccccc3)c3c(-c4ccccc4)ccc4ccccc34)c3c4ccccc4n5c23)cc1. The van der Waals surface area contributed by atoms with E-state index < -0.39 is 0 Å². The van der Waals surface area contributed by atoms with Crippen molar-refractivity contribution in [3.63, 3.8) is 0 Å². The van der Waals surface area contributed by atoms with Gasteiger partial charge in [0.05, 0.1) is 55.8 Å². The Hall–Kier alpha value is -10.4. The number of fused-ring (bicyclic) bond motifs is 14. The lowest BCUT2D eigenvalue weighted by atomic mass is 9.95. The van der Waals surface area contributed by atoms with Crippen LogP contribution in [-0.4, -0.2) is 8.80 Å². The molecule has 0 atom stereocenters. The van der Waals surface area contributed by atoms with Gasteiger partial charge in [-0.3, -0.25) is 0 Å². The molecule has 0 radical (unpaired) electrons. The second-order valence-electron chi connectivity index (χ2n) is 20.7. The topological polar surface area (TPSA) is 15.3 Å². The number of benzene rings is 13. The summed E-state index contributed by atoms with van der Waals surface area (Å²) < 4.78 is 5.12. The highest BCUT2D eigenvalue weighted by Crippen LogP contribution is 2.54. The molecule has 0 amide bonds. The van der Waals surface area contributed by atoms with Crippen LogP contribution in [0.15, 0.2) is 279 Å². The van der Waals surface area contributed by atoms with Crippen LogP contribution >= 0.6 is 0 Å². The predicted molar refractivity (Wildman–Crippen MR) is 331 cm³/mol. The first-order valence-corrected chi connectivity index (χ1v) is 26.9. The zero-order valence-corrected chi connectivity index (χ0v) is 42.3. The highest BCUT2D eigenvalue weighted by molar-refractivity contribution is 6.33. The minimum Gasteiger partial charge on any atom is -0.309 e. The molecule has 4 heterocycles. The van der Waals surface area contributed by atoms with Crippen LogP contribution in [-0.2, 0) is 0 Å². The minimum absolute atomic E-state index is 1.11. The average molecular weight is 991 g/mol. The summed E-state index contributed by atoms with van der Waals surface area (Å²) in [5.41, 5.74) is 18.8. The van der Waals surface area contributed by atoms with Crippen LogP contribution in [0.1, 0.15) is 0 Å². The van der Waals surface area contributed by atoms with Gasteiger partial charge in [-0.1, -0.05) is 218 Å². The molecule has 0 aliphatic carbocycles. The molecule has 0 saturated heterocycles. The second kappa shape index (κ2) is 16.5. The molecule has 4 aromatic heterocycles. The smallest absolute Gasteiger partial charge is 0.0641 e. The Morgan fingerprint density at radius 3 is 1.03 bits per heavy atom. The summed E-state index contributed by atoms with van der Waals surface area (Å²) in [6.07, 6.45) is 0. The third-order valence-electron chi connectivity index (χ3n) is 16.7. The van der Waals surface area contributed by atoms with E-state index in [1.165, 1.54) is 120 Å². The van der Waals surface area contributed by atoms with E-state index in [1.807, 2.05) is 0 Å². The van der Waals surface area contributed by atoms with E-state index in [0.29, 0.717) is 0 Å². The van der Waals surface area contributed by atoms with Gasteiger partial charge in [-0.25, -0.2) is 0 Å². The van der Waals surface area contributed by atoms with Gasteiger partial charge in [0.2, 0.25) is 0 Å². The van der Waals surface area contributed by atoms with Gasteiger partial charge in [-0.15, -0.1) is 0 Å². The van der Waals surface area contributed by atoms with Gasteiger partial charge in [0.1, 0.15) is 0 Å². The van der Waals surface area contributed by atoms with E-state index in [0.717, 1.165) is 34.1 Å². The Bertz CT molecular complexity index is 4870. The summed E-state index contributed by atoms with van der Waals surface area (Å²) in [5, 5.41) is 14.7. The standard InChI is InChI=1S/C74H46N4/c1-5-21-47(22-6-1)55-39-37-49-25-13-15-31-53(49)71(55)75(51-27-9-3-10-28-51)65-43-41-57-61-45-68-62(46-67(61)77-63-35-19-17-33-59(63)69(65)73(57)77)58-42-44-66(70-60-34-18-20-36-64(60)78(68)74(58)70)76(52-29-11-4-12-30-52)72-54-32-16-14-26-50(54)38-40-56(72)48-23-7-2-8-24-48/h1-46H. The van der Waals surface area contributed by atoms with Crippen molar-refractivity contribution in [1.82, 2.24) is 8.80 Å². The van der Waals surface area contributed by atoms with Crippen molar-refractivity contribution in [2.24, 2.45) is 0 Å². The summed E-state index contributed by atoms with van der Waals surface area (Å²) >= 11 is 0. The molecule has 0 fully saturated rings. The highest BCUT2D eigenvalue weighted by atomic mass is 15.2. The quantitative estimate of drug-likeness (QED) is 0.151. The number of para-hydroxylation sites is 4. The van der Waals surface area contributed by atoms with Gasteiger partial charge in [0.15, 0.2) is 0 Å². The van der Waals surface area contributed by atoms with Crippen LogP contribution in [0.25, 0.3) is 120 Å². The lowest BCUT2D eigenvalue weighted by Crippen LogP contribution is -2.12. The number of rotatable bonds is 8. The molecule has 0 bridgehead atoms. The maximum atomic E-state index is 2.56. The van der Waals surface area contributed by atoms with Crippen molar-refractivity contribution in [3.05, 3.63) is 279 Å². The van der Waals surface area contributed by atoms with Crippen LogP contribution in [0.4, 0.5) is 34.1 Å². The molecule has 0 aliphatic rings. The molecule has 17 aromatic rings. The van der Waals surface area contributed by atoms with Gasteiger partial charge in [-0.05, 0) is 82.6 Å². The number of nitrogens with zero attached hydrogens (tertiary/aromatic N) is 4. The molecule has 4 nitrogen and oxygen atoms in total. The first-order chi connectivity index (χ1) is 38.8. The fraction of sp³-hybridized carbons (Fsp3) is 0. The molecule has 0 spiro atoms. The van der Waals surface area contributed by atoms with Crippen molar-refractivity contribution < 1.29 is 0 Å². The molecule has 78 heavy (non-hydrogen) atoms. The predicted octanol–water partition coefficient (Wildman–Crippen LogP) is 20.6. The maximum absolute atomic E-state index is 2.56. The minimum atomic E-state index is 1.11. The average Bonchev–Trinajstić information content (AvgIpc) is 3.98. The van der Waals surface area contributed by atoms with E-state index in [2.05, 4.69) is 298 Å². The van der Waals surface area contributed by atoms with Crippen molar-refractivity contribution in [1.29, 1.82) is 0 Å². The summed E-state index contributed by atoms with van der Waals surface area (Å²) in [6.45, 7) is 0. The zero-order valence-electron chi connectivity index (χ0n) is 42.3. The number of aromatic nitrogens is 2. The Kier molecular flexibility index (Phi) is 9.09. The molecule has 17 rings (SSSR count). The Morgan fingerprint density at radius 2 is 0.603 bits per heavy atom. The molecule has 0 saturated carbocycles. The van der Waals surface area contributed by atoms with E-state index in [4.69, 9.17) is 0 Å². The third kappa shape index (κ3) is 6.00. The number of hydrogen-bond donors (Lipinski definition) is 0.